The highest BCUT2D eigenvalue weighted by molar-refractivity contribution is 7.22. The largest absolute Gasteiger partial charge is 0.508 e. The number of anilines is 1. The number of aromatic nitrogens is 1. The zero-order valence-corrected chi connectivity index (χ0v) is 21.0. The molecule has 0 radical (unpaired) electrons. The van der Waals surface area contributed by atoms with Crippen LogP contribution in [0.5, 0.6) is 17.2 Å². The normalized spacial score (nSPS) is 16.9. The van der Waals surface area contributed by atoms with E-state index in [1.165, 1.54) is 28.4 Å². The third kappa shape index (κ3) is 4.49. The van der Waals surface area contributed by atoms with Gasteiger partial charge in [0.2, 0.25) is 0 Å². The fourth-order valence-electron chi connectivity index (χ4n) is 4.29. The molecule has 1 aliphatic rings. The second kappa shape index (κ2) is 9.94. The third-order valence-electron chi connectivity index (χ3n) is 5.96. The highest BCUT2D eigenvalue weighted by Crippen LogP contribution is 2.45. The summed E-state index contributed by atoms with van der Waals surface area (Å²) in [6.07, 6.45) is 0. The number of rotatable bonds is 7. The molecule has 1 aromatic heterocycles. The number of carbonyl (C=O) groups excluding carboxylic acids is 2. The van der Waals surface area contributed by atoms with Gasteiger partial charge in [0.1, 0.15) is 23.0 Å². The van der Waals surface area contributed by atoms with E-state index >= 15 is 0 Å². The van der Waals surface area contributed by atoms with Crippen molar-refractivity contribution >= 4 is 44.1 Å². The predicted molar refractivity (Wildman–Crippen MR) is 141 cm³/mol. The SMILES string of the molecule is CCOc1ccc(/C(O)=C2\C(=O)C(=O)N(c3nc4ccc(OCC)cc4s3)C2c2ccc(O)cc2)cc1. The van der Waals surface area contributed by atoms with E-state index in [9.17, 15) is 19.8 Å². The Hall–Kier alpha value is -4.37. The van der Waals surface area contributed by atoms with Crippen LogP contribution >= 0.6 is 11.3 Å². The zero-order chi connectivity index (χ0) is 26.1. The number of phenols is 1. The number of aliphatic hydroxyl groups excluding tert-OH is 1. The Morgan fingerprint density at radius 1 is 0.946 bits per heavy atom. The fourth-order valence-corrected chi connectivity index (χ4v) is 5.31. The van der Waals surface area contributed by atoms with Gasteiger partial charge < -0.3 is 19.7 Å². The van der Waals surface area contributed by atoms with Crippen molar-refractivity contribution in [3.63, 3.8) is 0 Å². The molecule has 1 unspecified atom stereocenters. The molecule has 0 saturated carbocycles. The first kappa shape index (κ1) is 24.3. The lowest BCUT2D eigenvalue weighted by Crippen LogP contribution is -2.29. The van der Waals surface area contributed by atoms with Crippen LogP contribution in [-0.4, -0.2) is 40.1 Å². The van der Waals surface area contributed by atoms with Gasteiger partial charge in [-0.15, -0.1) is 0 Å². The number of fused-ring (bicyclic) bond motifs is 1. The minimum atomic E-state index is -0.945. The lowest BCUT2D eigenvalue weighted by atomic mass is 9.95. The second-order valence-corrected chi connectivity index (χ2v) is 9.29. The summed E-state index contributed by atoms with van der Waals surface area (Å²) in [7, 11) is 0. The molecule has 5 rings (SSSR count). The molecule has 188 valence electrons. The molecule has 1 amide bonds. The molecule has 1 aliphatic heterocycles. The number of hydrogen-bond acceptors (Lipinski definition) is 8. The van der Waals surface area contributed by atoms with Gasteiger partial charge in [0.05, 0.1) is 35.0 Å². The molecule has 9 heteroatoms. The number of carbonyl (C=O) groups is 2. The maximum Gasteiger partial charge on any atom is 0.301 e. The van der Waals surface area contributed by atoms with Gasteiger partial charge in [0.15, 0.2) is 5.13 Å². The molecule has 4 aromatic rings. The van der Waals surface area contributed by atoms with E-state index in [1.807, 2.05) is 19.9 Å². The van der Waals surface area contributed by atoms with E-state index in [2.05, 4.69) is 4.98 Å². The van der Waals surface area contributed by atoms with Crippen molar-refractivity contribution in [3.05, 3.63) is 83.4 Å². The van der Waals surface area contributed by atoms with Gasteiger partial charge in [-0.1, -0.05) is 23.5 Å². The van der Waals surface area contributed by atoms with Gasteiger partial charge in [-0.25, -0.2) is 4.98 Å². The van der Waals surface area contributed by atoms with Crippen LogP contribution in [0.25, 0.3) is 16.0 Å². The first-order chi connectivity index (χ1) is 17.9. The van der Waals surface area contributed by atoms with Crippen molar-refractivity contribution in [3.8, 4) is 17.2 Å². The van der Waals surface area contributed by atoms with Crippen molar-refractivity contribution in [2.45, 2.75) is 19.9 Å². The Bertz CT molecular complexity index is 1510. The Balaban J connectivity index is 1.65. The zero-order valence-electron chi connectivity index (χ0n) is 20.2. The molecule has 3 aromatic carbocycles. The Morgan fingerprint density at radius 3 is 2.27 bits per heavy atom. The number of aromatic hydroxyl groups is 1. The Kier molecular flexibility index (Phi) is 6.54. The summed E-state index contributed by atoms with van der Waals surface area (Å²) in [5.41, 5.74) is 1.50. The van der Waals surface area contributed by atoms with E-state index in [4.69, 9.17) is 9.47 Å². The molecule has 1 fully saturated rings. The number of ether oxygens (including phenoxy) is 2. The van der Waals surface area contributed by atoms with Crippen molar-refractivity contribution < 1.29 is 29.3 Å². The number of amides is 1. The van der Waals surface area contributed by atoms with E-state index in [-0.39, 0.29) is 17.1 Å². The summed E-state index contributed by atoms with van der Waals surface area (Å²) in [5, 5.41) is 21.4. The molecular formula is C28H24N2O6S. The Morgan fingerprint density at radius 2 is 1.59 bits per heavy atom. The molecular weight excluding hydrogens is 492 g/mol. The third-order valence-corrected chi connectivity index (χ3v) is 6.98. The molecule has 1 saturated heterocycles. The molecule has 0 aliphatic carbocycles. The summed E-state index contributed by atoms with van der Waals surface area (Å²) < 4.78 is 11.8. The number of hydrogen-bond donors (Lipinski definition) is 2. The maximum absolute atomic E-state index is 13.4. The maximum atomic E-state index is 13.4. The van der Waals surface area contributed by atoms with Crippen LogP contribution in [0.4, 0.5) is 5.13 Å². The lowest BCUT2D eigenvalue weighted by Gasteiger charge is -2.23. The summed E-state index contributed by atoms with van der Waals surface area (Å²) in [5.74, 6) is -0.584. The van der Waals surface area contributed by atoms with Crippen LogP contribution in [0, 0.1) is 0 Å². The molecule has 37 heavy (non-hydrogen) atoms. The molecule has 0 spiro atoms. The highest BCUT2D eigenvalue weighted by Gasteiger charge is 2.48. The number of aliphatic hydroxyl groups is 1. The van der Waals surface area contributed by atoms with Gasteiger partial charge in [-0.3, -0.25) is 14.5 Å². The number of nitrogens with zero attached hydrogens (tertiary/aromatic N) is 2. The summed E-state index contributed by atoms with van der Waals surface area (Å²) in [6.45, 7) is 4.76. The van der Waals surface area contributed by atoms with Gasteiger partial charge >= 0.3 is 5.91 Å². The topological polar surface area (TPSA) is 109 Å². The minimum Gasteiger partial charge on any atom is -0.508 e. The smallest absolute Gasteiger partial charge is 0.301 e. The number of phenolic OH excluding ortho intramolecular Hbond substituents is 1. The fraction of sp³-hybridized carbons (Fsp3) is 0.179. The van der Waals surface area contributed by atoms with Crippen LogP contribution in [0.1, 0.15) is 31.0 Å². The number of Topliss-reactive ketones (excluding diaryl/α,β-unsaturated/α-hetero) is 1. The molecule has 8 nitrogen and oxygen atoms in total. The number of ketones is 1. The summed E-state index contributed by atoms with van der Waals surface area (Å²) >= 11 is 1.25. The van der Waals surface area contributed by atoms with E-state index in [0.717, 1.165) is 4.70 Å². The first-order valence-electron chi connectivity index (χ1n) is 11.8. The van der Waals surface area contributed by atoms with Gasteiger partial charge in [-0.05, 0) is 74.0 Å². The number of benzene rings is 3. The van der Waals surface area contributed by atoms with Gasteiger partial charge in [0, 0.05) is 5.56 Å². The average molecular weight is 517 g/mol. The molecule has 2 N–H and O–H groups in total. The summed E-state index contributed by atoms with van der Waals surface area (Å²) in [4.78, 5) is 32.7. The van der Waals surface area contributed by atoms with Crippen molar-refractivity contribution in [2.24, 2.45) is 0 Å². The van der Waals surface area contributed by atoms with Gasteiger partial charge in [0.25, 0.3) is 5.78 Å². The van der Waals surface area contributed by atoms with Gasteiger partial charge in [-0.2, -0.15) is 0 Å². The van der Waals surface area contributed by atoms with Crippen LogP contribution < -0.4 is 14.4 Å². The molecule has 2 heterocycles. The number of thiazole rings is 1. The lowest BCUT2D eigenvalue weighted by molar-refractivity contribution is -0.132. The van der Waals surface area contributed by atoms with E-state index in [1.54, 1.807) is 48.5 Å². The average Bonchev–Trinajstić information content (AvgIpc) is 3.43. The van der Waals surface area contributed by atoms with Crippen molar-refractivity contribution in [1.29, 1.82) is 0 Å². The van der Waals surface area contributed by atoms with Crippen molar-refractivity contribution in [1.82, 2.24) is 4.98 Å². The summed E-state index contributed by atoms with van der Waals surface area (Å²) in [6, 6.07) is 17.3. The first-order valence-corrected chi connectivity index (χ1v) is 12.6. The Labute approximate surface area is 217 Å². The quantitative estimate of drug-likeness (QED) is 0.192. The standard InChI is InChI=1S/C28H24N2O6S/c1-3-35-19-11-7-17(8-12-19)25(32)23-24(16-5-9-18(31)10-6-16)30(27(34)26(23)33)28-29-21-14-13-20(36-4-2)15-22(21)37-28/h5-15,24,31-32H,3-4H2,1-2H3/b25-23+. The molecule has 1 atom stereocenters. The minimum absolute atomic E-state index is 0.0376. The van der Waals surface area contributed by atoms with Crippen LogP contribution in [0.15, 0.2) is 72.3 Å². The predicted octanol–water partition coefficient (Wildman–Crippen LogP) is 5.43. The highest BCUT2D eigenvalue weighted by atomic mass is 32.1. The molecule has 0 bridgehead atoms. The van der Waals surface area contributed by atoms with Crippen LogP contribution in [0.3, 0.4) is 0 Å². The van der Waals surface area contributed by atoms with E-state index in [0.29, 0.717) is 46.5 Å². The van der Waals surface area contributed by atoms with Crippen LogP contribution in [-0.2, 0) is 9.59 Å². The van der Waals surface area contributed by atoms with Crippen LogP contribution in [0.2, 0.25) is 0 Å². The second-order valence-electron chi connectivity index (χ2n) is 8.28. The monoisotopic (exact) mass is 516 g/mol. The van der Waals surface area contributed by atoms with E-state index < -0.39 is 17.7 Å². The van der Waals surface area contributed by atoms with Crippen molar-refractivity contribution in [2.75, 3.05) is 18.1 Å².